The first-order valence-corrected chi connectivity index (χ1v) is 11.5. The van der Waals surface area contributed by atoms with Crippen molar-refractivity contribution in [3.05, 3.63) is 107 Å². The lowest BCUT2D eigenvalue weighted by molar-refractivity contribution is -0.575. The van der Waals surface area contributed by atoms with Crippen molar-refractivity contribution in [1.29, 1.82) is 0 Å². The van der Waals surface area contributed by atoms with Crippen molar-refractivity contribution in [2.75, 3.05) is 5.32 Å². The van der Waals surface area contributed by atoms with Crippen LogP contribution in [0.5, 0.6) is 0 Å². The molecule has 4 aromatic rings. The van der Waals surface area contributed by atoms with Gasteiger partial charge in [-0.1, -0.05) is 93.1 Å². The predicted octanol–water partition coefficient (Wildman–Crippen LogP) is 7.40. The summed E-state index contributed by atoms with van der Waals surface area (Å²) in [6, 6.07) is 25.3. The summed E-state index contributed by atoms with van der Waals surface area (Å²) in [5.74, 6) is 0.0451. The van der Waals surface area contributed by atoms with Crippen molar-refractivity contribution >= 4 is 56.7 Å². The van der Waals surface area contributed by atoms with Crippen molar-refractivity contribution in [1.82, 2.24) is 0 Å². The second kappa shape index (κ2) is 9.34. The van der Waals surface area contributed by atoms with Crippen molar-refractivity contribution in [3.63, 3.8) is 0 Å². The second-order valence-electron chi connectivity index (χ2n) is 8.93. The molecule has 2 N–H and O–H groups in total. The monoisotopic (exact) mass is 473 g/mol. The fourth-order valence-corrected chi connectivity index (χ4v) is 4.21. The van der Waals surface area contributed by atoms with Crippen LogP contribution in [0.25, 0.3) is 22.2 Å². The molecular formula is C28H26ClN2OS+. The van der Waals surface area contributed by atoms with Crippen LogP contribution in [0.3, 0.4) is 0 Å². The van der Waals surface area contributed by atoms with E-state index in [0.29, 0.717) is 21.3 Å². The Kier molecular flexibility index (Phi) is 6.50. The molecular weight excluding hydrogens is 448 g/mol. The molecule has 3 nitrogen and oxygen atoms in total. The third-order valence-corrected chi connectivity index (χ3v) is 6.06. The summed E-state index contributed by atoms with van der Waals surface area (Å²) in [5, 5.41) is 17.4. The van der Waals surface area contributed by atoms with Gasteiger partial charge in [0.15, 0.2) is 23.1 Å². The van der Waals surface area contributed by atoms with E-state index in [2.05, 4.69) is 38.2 Å². The van der Waals surface area contributed by atoms with E-state index >= 15 is 0 Å². The first-order chi connectivity index (χ1) is 15.7. The van der Waals surface area contributed by atoms with Crippen LogP contribution < -0.4 is 9.88 Å². The normalized spacial score (nSPS) is 12.4. The molecule has 1 heterocycles. The van der Waals surface area contributed by atoms with Crippen molar-refractivity contribution in [2.45, 2.75) is 26.2 Å². The van der Waals surface area contributed by atoms with Crippen LogP contribution in [0.2, 0.25) is 5.02 Å². The standard InChI is InChI=1S/C28H25ClN2OS/c1-28(2,3)21-14-16-31(17-15-21)25(26(32)20-10-6-11-22(29)18-20)27(33)30-24-13-7-9-19-8-4-5-12-23(19)24/h4-18H,1-3H3,(H-,30,32,33)/p+1. The molecule has 0 amide bonds. The number of halogens is 1. The van der Waals surface area contributed by atoms with E-state index in [0.717, 1.165) is 16.5 Å². The van der Waals surface area contributed by atoms with Gasteiger partial charge in [-0.05, 0) is 34.6 Å². The number of aromatic nitrogens is 1. The SMILES string of the molecule is CC(C)(C)c1cc[n+](C(C(=S)Nc2cccc3ccccc23)=C(O)c2cccc(Cl)c2)cc1. The number of fused-ring (bicyclic) bond motifs is 1. The van der Waals surface area contributed by atoms with E-state index in [9.17, 15) is 5.11 Å². The molecule has 1 aromatic heterocycles. The minimum absolute atomic E-state index is 0.0136. The van der Waals surface area contributed by atoms with Crippen LogP contribution in [0.15, 0.2) is 91.3 Å². The number of aliphatic hydroxyl groups is 1. The Morgan fingerprint density at radius 2 is 1.58 bits per heavy atom. The first kappa shape index (κ1) is 23.0. The van der Waals surface area contributed by atoms with Gasteiger partial charge in [0.25, 0.3) is 5.70 Å². The Hall–Kier alpha value is -3.21. The topological polar surface area (TPSA) is 36.1 Å². The quantitative estimate of drug-likeness (QED) is 0.140. The summed E-state index contributed by atoms with van der Waals surface area (Å²) in [7, 11) is 0. The van der Waals surface area contributed by atoms with Gasteiger partial charge in [0.2, 0.25) is 0 Å². The molecule has 0 atom stereocenters. The van der Waals surface area contributed by atoms with E-state index in [1.807, 2.05) is 65.5 Å². The van der Waals surface area contributed by atoms with Crippen LogP contribution in [0, 0.1) is 0 Å². The minimum Gasteiger partial charge on any atom is -0.502 e. The summed E-state index contributed by atoms with van der Waals surface area (Å²) in [5.41, 5.74) is 3.14. The van der Waals surface area contributed by atoms with Crippen molar-refractivity contribution in [3.8, 4) is 0 Å². The lowest BCUT2D eigenvalue weighted by atomic mass is 9.88. The largest absolute Gasteiger partial charge is 0.502 e. The first-order valence-electron chi connectivity index (χ1n) is 10.7. The summed E-state index contributed by atoms with van der Waals surface area (Å²) < 4.78 is 1.84. The van der Waals surface area contributed by atoms with Gasteiger partial charge in [0.1, 0.15) is 0 Å². The predicted molar refractivity (Wildman–Crippen MR) is 143 cm³/mol. The molecule has 0 radical (unpaired) electrons. The molecule has 5 heteroatoms. The Labute approximate surface area is 205 Å². The Bertz CT molecular complexity index is 1350. The van der Waals surface area contributed by atoms with Gasteiger partial charge < -0.3 is 10.4 Å². The molecule has 0 fully saturated rings. The Morgan fingerprint density at radius 1 is 0.909 bits per heavy atom. The lowest BCUT2D eigenvalue weighted by Gasteiger charge is -2.18. The van der Waals surface area contributed by atoms with Gasteiger partial charge in [-0.25, -0.2) is 0 Å². The molecule has 0 saturated heterocycles. The highest BCUT2D eigenvalue weighted by Crippen LogP contribution is 2.26. The second-order valence-corrected chi connectivity index (χ2v) is 9.78. The van der Waals surface area contributed by atoms with Gasteiger partial charge in [0.05, 0.1) is 0 Å². The van der Waals surface area contributed by atoms with E-state index in [1.165, 1.54) is 5.56 Å². The number of anilines is 1. The zero-order chi connectivity index (χ0) is 23.6. The van der Waals surface area contributed by atoms with Gasteiger partial charge in [0, 0.05) is 33.8 Å². The Balaban J connectivity index is 1.82. The maximum atomic E-state index is 11.3. The molecule has 0 saturated carbocycles. The summed E-state index contributed by atoms with van der Waals surface area (Å²) in [4.78, 5) is 0.400. The fourth-order valence-electron chi connectivity index (χ4n) is 3.71. The van der Waals surface area contributed by atoms with Crippen LogP contribution in [0.1, 0.15) is 31.9 Å². The molecule has 0 aliphatic carbocycles. The molecule has 0 spiro atoms. The van der Waals surface area contributed by atoms with Crippen LogP contribution >= 0.6 is 23.8 Å². The van der Waals surface area contributed by atoms with Crippen LogP contribution in [-0.2, 0) is 5.41 Å². The number of hydrogen-bond donors (Lipinski definition) is 2. The number of benzene rings is 3. The van der Waals surface area contributed by atoms with Crippen LogP contribution in [-0.4, -0.2) is 10.1 Å². The lowest BCUT2D eigenvalue weighted by Crippen LogP contribution is -2.39. The number of nitrogens with zero attached hydrogens (tertiary/aromatic N) is 1. The molecule has 0 bridgehead atoms. The maximum absolute atomic E-state index is 11.3. The maximum Gasteiger partial charge on any atom is 0.288 e. The molecule has 4 rings (SSSR count). The number of hydrogen-bond acceptors (Lipinski definition) is 2. The number of nitrogens with one attached hydrogen (secondary N) is 1. The molecule has 0 aliphatic rings. The molecule has 0 aliphatic heterocycles. The fraction of sp³-hybridized carbons (Fsp3) is 0.143. The third kappa shape index (κ3) is 5.08. The third-order valence-electron chi connectivity index (χ3n) is 5.53. The smallest absolute Gasteiger partial charge is 0.288 e. The molecule has 3 aromatic carbocycles. The highest BCUT2D eigenvalue weighted by Gasteiger charge is 2.25. The minimum atomic E-state index is 0.0136. The van der Waals surface area contributed by atoms with Crippen molar-refractivity contribution < 1.29 is 9.67 Å². The van der Waals surface area contributed by atoms with Crippen molar-refractivity contribution in [2.24, 2.45) is 0 Å². The summed E-state index contributed by atoms with van der Waals surface area (Å²) in [6.07, 6.45) is 3.85. The summed E-state index contributed by atoms with van der Waals surface area (Å²) in [6.45, 7) is 6.50. The number of rotatable bonds is 4. The Morgan fingerprint density at radius 3 is 2.27 bits per heavy atom. The van der Waals surface area contributed by atoms with Gasteiger partial charge >= 0.3 is 0 Å². The zero-order valence-electron chi connectivity index (χ0n) is 18.8. The van der Waals surface area contributed by atoms with Gasteiger partial charge in [-0.15, -0.1) is 0 Å². The summed E-state index contributed by atoms with van der Waals surface area (Å²) >= 11 is 12.0. The molecule has 0 unspecified atom stereocenters. The van der Waals surface area contributed by atoms with Crippen LogP contribution in [0.4, 0.5) is 5.69 Å². The molecule has 166 valence electrons. The average molecular weight is 474 g/mol. The van der Waals surface area contributed by atoms with Gasteiger partial charge in [-0.3, -0.25) is 0 Å². The highest BCUT2D eigenvalue weighted by atomic mass is 35.5. The van der Waals surface area contributed by atoms with E-state index in [1.54, 1.807) is 18.2 Å². The number of aliphatic hydroxyl groups excluding tert-OH is 1. The zero-order valence-corrected chi connectivity index (χ0v) is 20.4. The average Bonchev–Trinajstić information content (AvgIpc) is 2.79. The van der Waals surface area contributed by atoms with Gasteiger partial charge in [-0.2, -0.15) is 4.57 Å². The molecule has 33 heavy (non-hydrogen) atoms. The number of pyridine rings is 1. The van der Waals surface area contributed by atoms with E-state index in [4.69, 9.17) is 23.8 Å². The number of thiocarbonyl (C=S) groups is 1. The van der Waals surface area contributed by atoms with E-state index < -0.39 is 0 Å². The van der Waals surface area contributed by atoms with E-state index in [-0.39, 0.29) is 11.2 Å². The highest BCUT2D eigenvalue weighted by molar-refractivity contribution is 7.81.